The number of fused-ring (bicyclic) bond motifs is 1. The number of likely N-dealkylation sites (tertiary alicyclic amines) is 1. The van der Waals surface area contributed by atoms with Gasteiger partial charge in [-0.3, -0.25) is 9.59 Å². The molecule has 0 N–H and O–H groups in total. The van der Waals surface area contributed by atoms with Crippen molar-refractivity contribution in [3.63, 3.8) is 0 Å². The molecule has 2 aliphatic rings. The fraction of sp³-hybridized carbons (Fsp3) is 0.467. The Morgan fingerprint density at radius 3 is 2.35 bits per heavy atom. The second-order valence-electron chi connectivity index (χ2n) is 5.14. The van der Waals surface area contributed by atoms with Gasteiger partial charge in [-0.1, -0.05) is 0 Å². The standard InChI is InChI=1S/C15H17NO4/c1-10-8-13-14(20-7-6-19-13)9-12(10)15(18)16-4-2-11(17)3-5-16/h8-9H,2-7H2,1H3. The van der Waals surface area contributed by atoms with E-state index < -0.39 is 0 Å². The van der Waals surface area contributed by atoms with Crippen LogP contribution in [0.1, 0.15) is 28.8 Å². The highest BCUT2D eigenvalue weighted by Crippen LogP contribution is 2.33. The minimum Gasteiger partial charge on any atom is -0.486 e. The fourth-order valence-electron chi connectivity index (χ4n) is 2.55. The molecule has 3 rings (SSSR count). The Kier molecular flexibility index (Phi) is 3.34. The van der Waals surface area contributed by atoms with Gasteiger partial charge in [0.05, 0.1) is 0 Å². The summed E-state index contributed by atoms with van der Waals surface area (Å²) < 4.78 is 11.0. The van der Waals surface area contributed by atoms with Gasteiger partial charge in [-0.2, -0.15) is 0 Å². The Morgan fingerprint density at radius 1 is 1.10 bits per heavy atom. The molecule has 0 saturated carbocycles. The maximum atomic E-state index is 12.5. The van der Waals surface area contributed by atoms with E-state index >= 15 is 0 Å². The lowest BCUT2D eigenvalue weighted by atomic mass is 10.0. The number of hydrogen-bond acceptors (Lipinski definition) is 4. The van der Waals surface area contributed by atoms with E-state index in [1.54, 1.807) is 11.0 Å². The van der Waals surface area contributed by atoms with Gasteiger partial charge < -0.3 is 14.4 Å². The number of hydrogen-bond donors (Lipinski definition) is 0. The summed E-state index contributed by atoms with van der Waals surface area (Å²) in [5.74, 6) is 1.51. The third-order valence-electron chi connectivity index (χ3n) is 3.73. The van der Waals surface area contributed by atoms with Crippen molar-refractivity contribution in [1.29, 1.82) is 0 Å². The number of ether oxygens (including phenoxy) is 2. The van der Waals surface area contributed by atoms with Gasteiger partial charge in [0.1, 0.15) is 19.0 Å². The summed E-state index contributed by atoms with van der Waals surface area (Å²) in [7, 11) is 0. The van der Waals surface area contributed by atoms with E-state index in [9.17, 15) is 9.59 Å². The number of aryl methyl sites for hydroxylation is 1. The van der Waals surface area contributed by atoms with Gasteiger partial charge >= 0.3 is 0 Å². The van der Waals surface area contributed by atoms with E-state index in [0.29, 0.717) is 56.2 Å². The molecule has 1 amide bonds. The van der Waals surface area contributed by atoms with Crippen molar-refractivity contribution >= 4 is 11.7 Å². The molecule has 1 aromatic rings. The van der Waals surface area contributed by atoms with Crippen molar-refractivity contribution < 1.29 is 19.1 Å². The Morgan fingerprint density at radius 2 is 1.70 bits per heavy atom. The molecule has 0 bridgehead atoms. The molecule has 0 unspecified atom stereocenters. The molecule has 1 fully saturated rings. The zero-order chi connectivity index (χ0) is 14.1. The number of Topliss-reactive ketones (excluding diaryl/α,β-unsaturated/α-hetero) is 1. The summed E-state index contributed by atoms with van der Waals surface area (Å²) in [6.07, 6.45) is 0.907. The summed E-state index contributed by atoms with van der Waals surface area (Å²) in [6, 6.07) is 3.60. The zero-order valence-corrected chi connectivity index (χ0v) is 11.5. The quantitative estimate of drug-likeness (QED) is 0.780. The van der Waals surface area contributed by atoms with E-state index in [0.717, 1.165) is 5.56 Å². The lowest BCUT2D eigenvalue weighted by Gasteiger charge is -2.27. The summed E-state index contributed by atoms with van der Waals surface area (Å²) in [4.78, 5) is 25.5. The van der Waals surface area contributed by atoms with Crippen molar-refractivity contribution in [2.45, 2.75) is 19.8 Å². The zero-order valence-electron chi connectivity index (χ0n) is 11.5. The molecular weight excluding hydrogens is 258 g/mol. The fourth-order valence-corrected chi connectivity index (χ4v) is 2.55. The van der Waals surface area contributed by atoms with Crippen LogP contribution in [0.4, 0.5) is 0 Å². The number of carbonyl (C=O) groups excluding carboxylic acids is 2. The van der Waals surface area contributed by atoms with Crippen molar-refractivity contribution in [2.75, 3.05) is 26.3 Å². The highest BCUT2D eigenvalue weighted by molar-refractivity contribution is 5.97. The Labute approximate surface area is 117 Å². The van der Waals surface area contributed by atoms with Gasteiger partial charge in [-0.25, -0.2) is 0 Å². The largest absolute Gasteiger partial charge is 0.486 e. The molecule has 0 radical (unpaired) electrons. The van der Waals surface area contributed by atoms with Crippen LogP contribution in [0.2, 0.25) is 0 Å². The van der Waals surface area contributed by atoms with Crippen LogP contribution >= 0.6 is 0 Å². The number of nitrogens with zero attached hydrogens (tertiary/aromatic N) is 1. The average Bonchev–Trinajstić information content (AvgIpc) is 2.46. The number of piperidine rings is 1. The number of rotatable bonds is 1. The number of amides is 1. The van der Waals surface area contributed by atoms with Crippen LogP contribution < -0.4 is 9.47 Å². The SMILES string of the molecule is Cc1cc2c(cc1C(=O)N1CCC(=O)CC1)OCCO2. The van der Waals surface area contributed by atoms with Crippen LogP contribution in [-0.2, 0) is 4.79 Å². The molecule has 20 heavy (non-hydrogen) atoms. The summed E-state index contributed by atoms with van der Waals surface area (Å²) in [6.45, 7) is 3.94. The van der Waals surface area contributed by atoms with Crippen molar-refractivity contribution in [1.82, 2.24) is 4.90 Å². The summed E-state index contributed by atoms with van der Waals surface area (Å²) in [5.41, 5.74) is 1.50. The van der Waals surface area contributed by atoms with Crippen molar-refractivity contribution in [2.24, 2.45) is 0 Å². The third kappa shape index (κ3) is 2.35. The first-order chi connectivity index (χ1) is 9.65. The maximum absolute atomic E-state index is 12.5. The van der Waals surface area contributed by atoms with Crippen molar-refractivity contribution in [3.05, 3.63) is 23.3 Å². The summed E-state index contributed by atoms with van der Waals surface area (Å²) >= 11 is 0. The summed E-state index contributed by atoms with van der Waals surface area (Å²) in [5, 5.41) is 0. The second-order valence-corrected chi connectivity index (χ2v) is 5.14. The van der Waals surface area contributed by atoms with E-state index in [4.69, 9.17) is 9.47 Å². The molecule has 1 aromatic carbocycles. The van der Waals surface area contributed by atoms with Gasteiger partial charge in [0.2, 0.25) is 0 Å². The van der Waals surface area contributed by atoms with Crippen LogP contribution in [0.25, 0.3) is 0 Å². The van der Waals surface area contributed by atoms with Crippen molar-refractivity contribution in [3.8, 4) is 11.5 Å². The third-order valence-corrected chi connectivity index (χ3v) is 3.73. The van der Waals surface area contributed by atoms with Gasteiger partial charge in [0.15, 0.2) is 11.5 Å². The van der Waals surface area contributed by atoms with Gasteiger partial charge in [0.25, 0.3) is 5.91 Å². The predicted octanol–water partition coefficient (Wildman–Crippen LogP) is 1.57. The lowest BCUT2D eigenvalue weighted by Crippen LogP contribution is -2.38. The van der Waals surface area contributed by atoms with Crippen LogP contribution in [0.5, 0.6) is 11.5 Å². The molecular formula is C15H17NO4. The van der Waals surface area contributed by atoms with E-state index in [1.165, 1.54) is 0 Å². The molecule has 0 atom stereocenters. The average molecular weight is 275 g/mol. The Balaban J connectivity index is 1.86. The lowest BCUT2D eigenvalue weighted by molar-refractivity contribution is -0.120. The first-order valence-electron chi connectivity index (χ1n) is 6.86. The van der Waals surface area contributed by atoms with Crippen LogP contribution in [-0.4, -0.2) is 42.9 Å². The molecule has 0 spiro atoms. The molecule has 2 aliphatic heterocycles. The predicted molar refractivity (Wildman–Crippen MR) is 72.3 cm³/mol. The molecule has 2 heterocycles. The smallest absolute Gasteiger partial charge is 0.254 e. The van der Waals surface area contributed by atoms with E-state index in [2.05, 4.69) is 0 Å². The highest BCUT2D eigenvalue weighted by atomic mass is 16.6. The monoisotopic (exact) mass is 275 g/mol. The minimum absolute atomic E-state index is 0.0352. The molecule has 5 nitrogen and oxygen atoms in total. The molecule has 106 valence electrons. The van der Waals surface area contributed by atoms with Crippen LogP contribution in [0, 0.1) is 6.92 Å². The topological polar surface area (TPSA) is 55.8 Å². The second kappa shape index (κ2) is 5.15. The van der Waals surface area contributed by atoms with Crippen LogP contribution in [0.15, 0.2) is 12.1 Å². The number of ketones is 1. The van der Waals surface area contributed by atoms with Gasteiger partial charge in [-0.05, 0) is 24.6 Å². The first-order valence-corrected chi connectivity index (χ1v) is 6.86. The molecule has 0 aliphatic carbocycles. The van der Waals surface area contributed by atoms with E-state index in [-0.39, 0.29) is 11.7 Å². The number of carbonyl (C=O) groups is 2. The van der Waals surface area contributed by atoms with Gasteiger partial charge in [-0.15, -0.1) is 0 Å². The molecule has 0 aromatic heterocycles. The maximum Gasteiger partial charge on any atom is 0.254 e. The van der Waals surface area contributed by atoms with Crippen LogP contribution in [0.3, 0.4) is 0 Å². The molecule has 1 saturated heterocycles. The minimum atomic E-state index is -0.0352. The van der Waals surface area contributed by atoms with E-state index in [1.807, 2.05) is 13.0 Å². The number of benzene rings is 1. The first kappa shape index (κ1) is 13.0. The normalized spacial score (nSPS) is 18.1. The Bertz CT molecular complexity index is 557. The van der Waals surface area contributed by atoms with Gasteiger partial charge in [0, 0.05) is 31.5 Å². The Hall–Kier alpha value is -2.04. The molecule has 5 heteroatoms. The highest BCUT2D eigenvalue weighted by Gasteiger charge is 2.25.